The van der Waals surface area contributed by atoms with Crippen LogP contribution in [0.4, 0.5) is 0 Å². The summed E-state index contributed by atoms with van der Waals surface area (Å²) in [5, 5.41) is 0. The van der Waals surface area contributed by atoms with Gasteiger partial charge in [0, 0.05) is 24.7 Å². The number of nitrogens with two attached hydrogens (primary N) is 1. The molecular weight excluding hydrogens is 222 g/mol. The highest BCUT2D eigenvalue weighted by atomic mass is 15.0. The van der Waals surface area contributed by atoms with E-state index in [9.17, 15) is 0 Å². The Bertz CT molecular complexity index is 509. The molecule has 0 bridgehead atoms. The van der Waals surface area contributed by atoms with Crippen molar-refractivity contribution in [1.82, 2.24) is 9.55 Å². The van der Waals surface area contributed by atoms with Crippen molar-refractivity contribution in [3.05, 3.63) is 41.9 Å². The Labute approximate surface area is 109 Å². The van der Waals surface area contributed by atoms with E-state index in [2.05, 4.69) is 47.7 Å². The number of hydrogen-bond donors (Lipinski definition) is 1. The van der Waals surface area contributed by atoms with Crippen LogP contribution in [-0.4, -0.2) is 16.1 Å². The van der Waals surface area contributed by atoms with E-state index in [1.807, 2.05) is 13.4 Å². The maximum absolute atomic E-state index is 5.66. The third-order valence-corrected chi connectivity index (χ3v) is 3.29. The third kappa shape index (κ3) is 2.46. The Morgan fingerprint density at radius 1 is 1.22 bits per heavy atom. The maximum Gasteiger partial charge on any atom is 0.0953 e. The first-order valence-corrected chi connectivity index (χ1v) is 6.44. The molecule has 3 heteroatoms. The van der Waals surface area contributed by atoms with Crippen molar-refractivity contribution in [2.24, 2.45) is 12.8 Å². The van der Waals surface area contributed by atoms with Crippen LogP contribution in [0.1, 0.15) is 31.0 Å². The van der Waals surface area contributed by atoms with Crippen LogP contribution in [0.2, 0.25) is 0 Å². The number of aryl methyl sites for hydroxylation is 1. The van der Waals surface area contributed by atoms with Crippen LogP contribution in [0.3, 0.4) is 0 Å². The average Bonchev–Trinajstić information content (AvgIpc) is 2.72. The first-order chi connectivity index (χ1) is 8.63. The number of rotatable bonds is 4. The van der Waals surface area contributed by atoms with Gasteiger partial charge in [0.1, 0.15) is 0 Å². The number of aromatic nitrogens is 2. The average molecular weight is 243 g/mol. The fourth-order valence-electron chi connectivity index (χ4n) is 2.15. The monoisotopic (exact) mass is 243 g/mol. The summed E-state index contributed by atoms with van der Waals surface area (Å²) in [6.07, 6.45) is 2.72. The number of imidazole rings is 1. The normalized spacial score (nSPS) is 11.2. The molecule has 2 rings (SSSR count). The molecule has 0 saturated heterocycles. The van der Waals surface area contributed by atoms with Crippen LogP contribution in [0.15, 0.2) is 30.6 Å². The molecule has 3 nitrogen and oxygen atoms in total. The van der Waals surface area contributed by atoms with Crippen LogP contribution in [0.5, 0.6) is 0 Å². The van der Waals surface area contributed by atoms with Gasteiger partial charge in [0.25, 0.3) is 0 Å². The van der Waals surface area contributed by atoms with Gasteiger partial charge < -0.3 is 10.3 Å². The summed E-state index contributed by atoms with van der Waals surface area (Å²) in [6.45, 7) is 5.06. The Morgan fingerprint density at radius 3 is 2.44 bits per heavy atom. The summed E-state index contributed by atoms with van der Waals surface area (Å²) in [5.41, 5.74) is 10.4. The number of hydrogen-bond acceptors (Lipinski definition) is 2. The number of benzene rings is 1. The zero-order valence-electron chi connectivity index (χ0n) is 11.4. The number of nitrogens with zero attached hydrogens (tertiary/aromatic N) is 2. The van der Waals surface area contributed by atoms with E-state index in [-0.39, 0.29) is 0 Å². The first kappa shape index (κ1) is 12.8. The molecule has 0 atom stereocenters. The molecule has 0 unspecified atom stereocenters. The van der Waals surface area contributed by atoms with E-state index in [0.717, 1.165) is 12.1 Å². The van der Waals surface area contributed by atoms with E-state index in [4.69, 9.17) is 5.73 Å². The Balaban J connectivity index is 2.36. The van der Waals surface area contributed by atoms with Crippen molar-refractivity contribution < 1.29 is 0 Å². The zero-order chi connectivity index (χ0) is 13.1. The summed E-state index contributed by atoms with van der Waals surface area (Å²) in [4.78, 5) is 4.49. The van der Waals surface area contributed by atoms with Crippen molar-refractivity contribution in [1.29, 1.82) is 0 Å². The van der Waals surface area contributed by atoms with Crippen LogP contribution in [0.25, 0.3) is 11.3 Å². The second kappa shape index (κ2) is 5.36. The lowest BCUT2D eigenvalue weighted by molar-refractivity contribution is 0.805. The quantitative estimate of drug-likeness (QED) is 0.897. The fraction of sp³-hybridized carbons (Fsp3) is 0.400. The van der Waals surface area contributed by atoms with Crippen molar-refractivity contribution in [2.45, 2.75) is 26.2 Å². The molecule has 0 aliphatic rings. The van der Waals surface area contributed by atoms with Gasteiger partial charge in [0.05, 0.1) is 12.0 Å². The molecule has 0 aliphatic heterocycles. The molecule has 2 aromatic rings. The highest BCUT2D eigenvalue weighted by Crippen LogP contribution is 2.24. The molecule has 1 heterocycles. The van der Waals surface area contributed by atoms with Gasteiger partial charge in [-0.25, -0.2) is 4.98 Å². The van der Waals surface area contributed by atoms with Crippen molar-refractivity contribution in [2.75, 3.05) is 6.54 Å². The Kier molecular flexibility index (Phi) is 3.82. The summed E-state index contributed by atoms with van der Waals surface area (Å²) in [5.74, 6) is 0.561. The Morgan fingerprint density at radius 2 is 1.89 bits per heavy atom. The minimum Gasteiger partial charge on any atom is -0.337 e. The molecule has 0 radical (unpaired) electrons. The lowest BCUT2D eigenvalue weighted by Gasteiger charge is -2.08. The van der Waals surface area contributed by atoms with Gasteiger partial charge in [-0.3, -0.25) is 0 Å². The Hall–Kier alpha value is -1.61. The SMILES string of the molecule is CC(C)c1ccc(-c2ncn(C)c2CCN)cc1. The standard InChI is InChI=1S/C15H21N3/c1-11(2)12-4-6-13(7-5-12)15-14(8-9-16)18(3)10-17-15/h4-7,10-11H,8-9,16H2,1-3H3. The van der Waals surface area contributed by atoms with Gasteiger partial charge >= 0.3 is 0 Å². The largest absolute Gasteiger partial charge is 0.337 e. The molecule has 2 N–H and O–H groups in total. The minimum atomic E-state index is 0.561. The summed E-state index contributed by atoms with van der Waals surface area (Å²) in [7, 11) is 2.02. The molecule has 0 amide bonds. The van der Waals surface area contributed by atoms with Crippen LogP contribution in [0, 0.1) is 0 Å². The van der Waals surface area contributed by atoms with Gasteiger partial charge in [-0.05, 0) is 18.0 Å². The molecular formula is C15H21N3. The second-order valence-electron chi connectivity index (χ2n) is 4.97. The summed E-state index contributed by atoms with van der Waals surface area (Å²) >= 11 is 0. The van der Waals surface area contributed by atoms with E-state index in [1.54, 1.807) is 0 Å². The maximum atomic E-state index is 5.66. The predicted octanol–water partition coefficient (Wildman–Crippen LogP) is 2.71. The minimum absolute atomic E-state index is 0.561. The summed E-state index contributed by atoms with van der Waals surface area (Å²) in [6, 6.07) is 8.66. The topological polar surface area (TPSA) is 43.8 Å². The van der Waals surface area contributed by atoms with Crippen molar-refractivity contribution in [3.8, 4) is 11.3 Å². The molecule has 0 fully saturated rings. The smallest absolute Gasteiger partial charge is 0.0953 e. The van der Waals surface area contributed by atoms with Crippen LogP contribution in [-0.2, 0) is 13.5 Å². The second-order valence-corrected chi connectivity index (χ2v) is 4.97. The lowest BCUT2D eigenvalue weighted by Crippen LogP contribution is -2.07. The highest BCUT2D eigenvalue weighted by Gasteiger charge is 2.10. The molecule has 0 aliphatic carbocycles. The van der Waals surface area contributed by atoms with Crippen LogP contribution < -0.4 is 5.73 Å². The van der Waals surface area contributed by atoms with Crippen molar-refractivity contribution in [3.63, 3.8) is 0 Å². The van der Waals surface area contributed by atoms with Gasteiger partial charge in [0.15, 0.2) is 0 Å². The van der Waals surface area contributed by atoms with Crippen LogP contribution >= 0.6 is 0 Å². The fourth-order valence-corrected chi connectivity index (χ4v) is 2.15. The molecule has 1 aromatic heterocycles. The van der Waals surface area contributed by atoms with E-state index >= 15 is 0 Å². The van der Waals surface area contributed by atoms with Crippen molar-refractivity contribution >= 4 is 0 Å². The predicted molar refractivity (Wildman–Crippen MR) is 75.5 cm³/mol. The third-order valence-electron chi connectivity index (χ3n) is 3.29. The molecule has 18 heavy (non-hydrogen) atoms. The zero-order valence-corrected chi connectivity index (χ0v) is 11.4. The van der Waals surface area contributed by atoms with E-state index in [1.165, 1.54) is 16.8 Å². The molecule has 0 spiro atoms. The van der Waals surface area contributed by atoms with E-state index < -0.39 is 0 Å². The molecule has 1 aromatic carbocycles. The van der Waals surface area contributed by atoms with Gasteiger partial charge in [-0.1, -0.05) is 38.1 Å². The van der Waals surface area contributed by atoms with Gasteiger partial charge in [-0.2, -0.15) is 0 Å². The molecule has 0 saturated carbocycles. The summed E-state index contributed by atoms with van der Waals surface area (Å²) < 4.78 is 2.05. The van der Waals surface area contributed by atoms with Gasteiger partial charge in [0.2, 0.25) is 0 Å². The first-order valence-electron chi connectivity index (χ1n) is 6.44. The van der Waals surface area contributed by atoms with Gasteiger partial charge in [-0.15, -0.1) is 0 Å². The lowest BCUT2D eigenvalue weighted by atomic mass is 10.00. The highest BCUT2D eigenvalue weighted by molar-refractivity contribution is 5.62. The molecule has 96 valence electrons. The van der Waals surface area contributed by atoms with E-state index in [0.29, 0.717) is 12.5 Å².